The summed E-state index contributed by atoms with van der Waals surface area (Å²) < 4.78 is 4.70. The van der Waals surface area contributed by atoms with Gasteiger partial charge < -0.3 is 15.4 Å². The molecular formula is C14H21N3O2. The summed E-state index contributed by atoms with van der Waals surface area (Å²) in [5.74, 6) is 1.57. The van der Waals surface area contributed by atoms with Gasteiger partial charge in [0.25, 0.3) is 0 Å². The maximum atomic E-state index is 11.5. The maximum absolute atomic E-state index is 11.5. The molecule has 0 amide bonds. The number of carbonyl (C=O) groups excluding carboxylic acids is 1. The van der Waals surface area contributed by atoms with E-state index in [0.29, 0.717) is 29.0 Å². The molecule has 2 unspecified atom stereocenters. The van der Waals surface area contributed by atoms with Gasteiger partial charge in [0.1, 0.15) is 0 Å². The van der Waals surface area contributed by atoms with Gasteiger partial charge in [0.2, 0.25) is 0 Å². The van der Waals surface area contributed by atoms with Crippen LogP contribution >= 0.6 is 0 Å². The van der Waals surface area contributed by atoms with E-state index in [-0.39, 0.29) is 0 Å². The molecule has 0 saturated carbocycles. The first-order valence-electron chi connectivity index (χ1n) is 6.62. The van der Waals surface area contributed by atoms with E-state index in [1.807, 2.05) is 0 Å². The van der Waals surface area contributed by atoms with E-state index in [0.717, 1.165) is 19.5 Å². The van der Waals surface area contributed by atoms with Crippen LogP contribution in [0.15, 0.2) is 12.1 Å². The standard InChI is InChI=1S/C14H21N3O2/c1-9-6-7-17(8-10(9)2)13-11(15)4-5-12(16-13)14(18)19-3/h4-5,9-10H,6-8,15H2,1-3H3. The third-order valence-corrected chi connectivity index (χ3v) is 3.93. The van der Waals surface area contributed by atoms with Gasteiger partial charge in [-0.15, -0.1) is 0 Å². The summed E-state index contributed by atoms with van der Waals surface area (Å²) in [4.78, 5) is 18.0. The molecule has 19 heavy (non-hydrogen) atoms. The number of anilines is 2. The number of nitrogens with zero attached hydrogens (tertiary/aromatic N) is 2. The molecule has 0 bridgehead atoms. The fraction of sp³-hybridized carbons (Fsp3) is 0.571. The van der Waals surface area contributed by atoms with Crippen LogP contribution in [0.1, 0.15) is 30.8 Å². The van der Waals surface area contributed by atoms with Crippen molar-refractivity contribution < 1.29 is 9.53 Å². The summed E-state index contributed by atoms with van der Waals surface area (Å²) in [6, 6.07) is 3.32. The SMILES string of the molecule is COC(=O)c1ccc(N)c(N2CCC(C)C(C)C2)n1. The van der Waals surface area contributed by atoms with Gasteiger partial charge >= 0.3 is 5.97 Å². The van der Waals surface area contributed by atoms with E-state index < -0.39 is 5.97 Å². The van der Waals surface area contributed by atoms with Gasteiger partial charge in [-0.05, 0) is 30.4 Å². The van der Waals surface area contributed by atoms with Gasteiger partial charge in [-0.3, -0.25) is 0 Å². The summed E-state index contributed by atoms with van der Waals surface area (Å²) in [6.45, 7) is 6.34. The highest BCUT2D eigenvalue weighted by Crippen LogP contribution is 2.29. The molecule has 2 N–H and O–H groups in total. The Kier molecular flexibility index (Phi) is 3.93. The highest BCUT2D eigenvalue weighted by Gasteiger charge is 2.25. The molecule has 104 valence electrons. The summed E-state index contributed by atoms with van der Waals surface area (Å²) in [5.41, 5.74) is 6.90. The molecular weight excluding hydrogens is 242 g/mol. The van der Waals surface area contributed by atoms with Crippen LogP contribution in [0.4, 0.5) is 11.5 Å². The molecule has 5 nitrogen and oxygen atoms in total. The van der Waals surface area contributed by atoms with Crippen molar-refractivity contribution in [3.63, 3.8) is 0 Å². The van der Waals surface area contributed by atoms with Crippen LogP contribution in [-0.4, -0.2) is 31.2 Å². The van der Waals surface area contributed by atoms with E-state index in [1.165, 1.54) is 7.11 Å². The third kappa shape index (κ3) is 2.80. The van der Waals surface area contributed by atoms with Crippen LogP contribution in [0.5, 0.6) is 0 Å². The van der Waals surface area contributed by atoms with E-state index >= 15 is 0 Å². The summed E-state index contributed by atoms with van der Waals surface area (Å²) in [6.07, 6.45) is 1.12. The summed E-state index contributed by atoms with van der Waals surface area (Å²) >= 11 is 0. The second-order valence-corrected chi connectivity index (χ2v) is 5.29. The van der Waals surface area contributed by atoms with Crippen molar-refractivity contribution in [2.24, 2.45) is 11.8 Å². The number of piperidine rings is 1. The molecule has 1 aromatic heterocycles. The Morgan fingerprint density at radius 1 is 1.42 bits per heavy atom. The Morgan fingerprint density at radius 2 is 2.16 bits per heavy atom. The van der Waals surface area contributed by atoms with Crippen molar-refractivity contribution >= 4 is 17.5 Å². The number of nitrogens with two attached hydrogens (primary N) is 1. The second kappa shape index (κ2) is 5.47. The lowest BCUT2D eigenvalue weighted by atomic mass is 9.88. The van der Waals surface area contributed by atoms with E-state index in [1.54, 1.807) is 12.1 Å². The molecule has 5 heteroatoms. The van der Waals surface area contributed by atoms with Crippen molar-refractivity contribution in [2.45, 2.75) is 20.3 Å². The first-order valence-corrected chi connectivity index (χ1v) is 6.62. The first kappa shape index (κ1) is 13.6. The zero-order valence-corrected chi connectivity index (χ0v) is 11.7. The van der Waals surface area contributed by atoms with Gasteiger partial charge in [-0.25, -0.2) is 9.78 Å². The molecule has 1 aromatic rings. The van der Waals surface area contributed by atoms with Crippen molar-refractivity contribution in [1.29, 1.82) is 0 Å². The fourth-order valence-corrected chi connectivity index (χ4v) is 2.39. The largest absolute Gasteiger partial charge is 0.464 e. The smallest absolute Gasteiger partial charge is 0.356 e. The normalized spacial score (nSPS) is 23.2. The maximum Gasteiger partial charge on any atom is 0.356 e. The second-order valence-electron chi connectivity index (χ2n) is 5.29. The molecule has 1 aliphatic rings. The summed E-state index contributed by atoms with van der Waals surface area (Å²) in [5, 5.41) is 0. The lowest BCUT2D eigenvalue weighted by Crippen LogP contribution is -2.39. The Labute approximate surface area is 113 Å². The number of carbonyl (C=O) groups is 1. The topological polar surface area (TPSA) is 68.5 Å². The monoisotopic (exact) mass is 263 g/mol. The molecule has 0 aromatic carbocycles. The molecule has 2 rings (SSSR count). The number of methoxy groups -OCH3 is 1. The predicted octanol–water partition coefficient (Wildman–Crippen LogP) is 1.93. The van der Waals surface area contributed by atoms with Crippen LogP contribution in [0.25, 0.3) is 0 Å². The molecule has 2 heterocycles. The Hall–Kier alpha value is -1.78. The van der Waals surface area contributed by atoms with Gasteiger partial charge in [0.15, 0.2) is 11.5 Å². The van der Waals surface area contributed by atoms with Crippen molar-refractivity contribution in [2.75, 3.05) is 30.8 Å². The minimum atomic E-state index is -0.431. The van der Waals surface area contributed by atoms with Crippen molar-refractivity contribution in [1.82, 2.24) is 4.98 Å². The fourth-order valence-electron chi connectivity index (χ4n) is 2.39. The van der Waals surface area contributed by atoms with Crippen LogP contribution in [0.3, 0.4) is 0 Å². The van der Waals surface area contributed by atoms with E-state index in [9.17, 15) is 4.79 Å². The van der Waals surface area contributed by atoms with Crippen LogP contribution < -0.4 is 10.6 Å². The van der Waals surface area contributed by atoms with Crippen LogP contribution in [0.2, 0.25) is 0 Å². The summed E-state index contributed by atoms with van der Waals surface area (Å²) in [7, 11) is 1.35. The molecule has 2 atom stereocenters. The van der Waals surface area contributed by atoms with E-state index in [2.05, 4.69) is 23.7 Å². The number of pyridine rings is 1. The van der Waals surface area contributed by atoms with Crippen molar-refractivity contribution in [3.8, 4) is 0 Å². The molecule has 1 fully saturated rings. The lowest BCUT2D eigenvalue weighted by Gasteiger charge is -2.36. The average molecular weight is 263 g/mol. The number of aromatic nitrogens is 1. The number of esters is 1. The van der Waals surface area contributed by atoms with Gasteiger partial charge in [0.05, 0.1) is 12.8 Å². The first-order chi connectivity index (χ1) is 9.02. The molecule has 1 aliphatic heterocycles. The number of ether oxygens (including phenoxy) is 1. The van der Waals surface area contributed by atoms with Crippen LogP contribution in [-0.2, 0) is 4.74 Å². The lowest BCUT2D eigenvalue weighted by molar-refractivity contribution is 0.0594. The third-order valence-electron chi connectivity index (χ3n) is 3.93. The predicted molar refractivity (Wildman–Crippen MR) is 75.1 cm³/mol. The van der Waals surface area contributed by atoms with Crippen LogP contribution in [0, 0.1) is 11.8 Å². The molecule has 0 radical (unpaired) electrons. The number of hydrogen-bond acceptors (Lipinski definition) is 5. The van der Waals surface area contributed by atoms with E-state index in [4.69, 9.17) is 10.5 Å². The number of hydrogen-bond donors (Lipinski definition) is 1. The Bertz CT molecular complexity index is 476. The molecule has 1 saturated heterocycles. The molecule has 0 aliphatic carbocycles. The zero-order valence-electron chi connectivity index (χ0n) is 11.7. The Balaban J connectivity index is 2.26. The number of rotatable bonds is 2. The van der Waals surface area contributed by atoms with Gasteiger partial charge in [-0.1, -0.05) is 13.8 Å². The number of nitrogen functional groups attached to an aromatic ring is 1. The highest BCUT2D eigenvalue weighted by molar-refractivity contribution is 5.88. The quantitative estimate of drug-likeness (QED) is 0.826. The average Bonchev–Trinajstić information content (AvgIpc) is 2.41. The zero-order chi connectivity index (χ0) is 14.0. The minimum Gasteiger partial charge on any atom is -0.464 e. The van der Waals surface area contributed by atoms with Gasteiger partial charge in [0, 0.05) is 13.1 Å². The highest BCUT2D eigenvalue weighted by atomic mass is 16.5. The molecule has 0 spiro atoms. The minimum absolute atomic E-state index is 0.304. The van der Waals surface area contributed by atoms with Gasteiger partial charge in [-0.2, -0.15) is 0 Å². The van der Waals surface area contributed by atoms with Crippen molar-refractivity contribution in [3.05, 3.63) is 17.8 Å². The Morgan fingerprint density at radius 3 is 2.79 bits per heavy atom.